The molecule has 6 nitrogen and oxygen atoms in total. The van der Waals surface area contributed by atoms with Gasteiger partial charge in [-0.3, -0.25) is 9.59 Å². The maximum Gasteiger partial charge on any atom is 0.340 e. The molecule has 28 heavy (non-hydrogen) atoms. The Morgan fingerprint density at radius 2 is 1.61 bits per heavy atom. The Morgan fingerprint density at radius 1 is 1.00 bits per heavy atom. The number of aryl methyl sites for hydroxylation is 1. The van der Waals surface area contributed by atoms with Crippen LogP contribution in [0.15, 0.2) is 65.5 Å². The molecular weight excluding hydrogens is 356 g/mol. The number of benzene rings is 2. The fourth-order valence-corrected chi connectivity index (χ4v) is 2.97. The molecule has 1 amide bonds. The number of aromatic nitrogens is 1. The zero-order valence-corrected chi connectivity index (χ0v) is 15.6. The summed E-state index contributed by atoms with van der Waals surface area (Å²) in [6.45, 7) is 3.53. The van der Waals surface area contributed by atoms with Crippen molar-refractivity contribution in [1.29, 1.82) is 0 Å². The van der Waals surface area contributed by atoms with Gasteiger partial charge in [-0.2, -0.15) is 0 Å². The molecule has 1 aromatic heterocycles. The third-order valence-electron chi connectivity index (χ3n) is 4.22. The summed E-state index contributed by atoms with van der Waals surface area (Å²) in [5, 5.41) is 2.67. The first-order valence-corrected chi connectivity index (χ1v) is 8.88. The number of pyridine rings is 1. The maximum absolute atomic E-state index is 12.7. The van der Waals surface area contributed by atoms with Gasteiger partial charge in [0.05, 0.1) is 12.2 Å². The molecule has 0 saturated heterocycles. The van der Waals surface area contributed by atoms with Crippen molar-refractivity contribution in [2.45, 2.75) is 13.8 Å². The van der Waals surface area contributed by atoms with Gasteiger partial charge < -0.3 is 15.0 Å². The molecular formula is C22H20N2O4. The highest BCUT2D eigenvalue weighted by Crippen LogP contribution is 2.31. The van der Waals surface area contributed by atoms with E-state index in [0.29, 0.717) is 22.4 Å². The van der Waals surface area contributed by atoms with Gasteiger partial charge in [0.1, 0.15) is 5.69 Å². The van der Waals surface area contributed by atoms with Gasteiger partial charge in [0.15, 0.2) is 0 Å². The molecule has 3 aromatic rings. The highest BCUT2D eigenvalue weighted by Gasteiger charge is 2.24. The first kappa shape index (κ1) is 19.1. The lowest BCUT2D eigenvalue weighted by atomic mass is 9.97. The van der Waals surface area contributed by atoms with Crippen molar-refractivity contribution in [1.82, 2.24) is 4.98 Å². The standard InChI is InChI=1S/C22H20N2O4/c1-3-28-22(27)17-14(2)23-21(26)19(18(17)15-10-6-4-7-11-15)24-20(25)16-12-8-5-9-13-16/h4-13H,3H2,1-2H3,(H,23,26)(H,24,25). The number of carbonyl (C=O) groups excluding carboxylic acids is 2. The van der Waals surface area contributed by atoms with Crippen molar-refractivity contribution in [3.63, 3.8) is 0 Å². The molecule has 0 aliphatic carbocycles. The van der Waals surface area contributed by atoms with E-state index in [4.69, 9.17) is 4.74 Å². The summed E-state index contributed by atoms with van der Waals surface area (Å²) in [5.74, 6) is -1.01. The van der Waals surface area contributed by atoms with Crippen LogP contribution in [0.3, 0.4) is 0 Å². The van der Waals surface area contributed by atoms with Crippen molar-refractivity contribution in [3.8, 4) is 11.1 Å². The van der Waals surface area contributed by atoms with E-state index in [1.165, 1.54) is 0 Å². The van der Waals surface area contributed by atoms with E-state index in [9.17, 15) is 14.4 Å². The van der Waals surface area contributed by atoms with Gasteiger partial charge in [-0.25, -0.2) is 4.79 Å². The fraction of sp³-hybridized carbons (Fsp3) is 0.136. The SMILES string of the molecule is CCOC(=O)c1c(C)[nH]c(=O)c(NC(=O)c2ccccc2)c1-c1ccccc1. The van der Waals surface area contributed by atoms with Gasteiger partial charge in [0.2, 0.25) is 0 Å². The molecule has 0 fully saturated rings. The van der Waals surface area contributed by atoms with Crippen LogP contribution in [0.25, 0.3) is 11.1 Å². The molecule has 0 aliphatic rings. The zero-order chi connectivity index (χ0) is 20.1. The predicted molar refractivity (Wildman–Crippen MR) is 108 cm³/mol. The molecule has 0 spiro atoms. The van der Waals surface area contributed by atoms with E-state index in [2.05, 4.69) is 10.3 Å². The molecule has 6 heteroatoms. The van der Waals surface area contributed by atoms with Gasteiger partial charge >= 0.3 is 5.97 Å². The molecule has 0 unspecified atom stereocenters. The molecule has 3 rings (SSSR count). The Hall–Kier alpha value is -3.67. The van der Waals surface area contributed by atoms with E-state index >= 15 is 0 Å². The van der Waals surface area contributed by atoms with Gasteiger partial charge in [0.25, 0.3) is 11.5 Å². The average molecular weight is 376 g/mol. The number of hydrogen-bond acceptors (Lipinski definition) is 4. The zero-order valence-electron chi connectivity index (χ0n) is 15.6. The quantitative estimate of drug-likeness (QED) is 0.663. The van der Waals surface area contributed by atoms with Crippen LogP contribution >= 0.6 is 0 Å². The third-order valence-corrected chi connectivity index (χ3v) is 4.22. The van der Waals surface area contributed by atoms with Crippen LogP contribution in [0.1, 0.15) is 33.3 Å². The average Bonchev–Trinajstić information content (AvgIpc) is 2.71. The molecule has 0 saturated carbocycles. The number of ether oxygens (including phenoxy) is 1. The summed E-state index contributed by atoms with van der Waals surface area (Å²) in [4.78, 5) is 40.6. The van der Waals surface area contributed by atoms with E-state index in [1.807, 2.05) is 6.07 Å². The minimum atomic E-state index is -0.565. The number of anilines is 1. The number of H-pyrrole nitrogens is 1. The molecule has 2 aromatic carbocycles. The Bertz CT molecular complexity index is 1060. The van der Waals surface area contributed by atoms with E-state index in [-0.39, 0.29) is 17.9 Å². The van der Waals surface area contributed by atoms with Crippen molar-refractivity contribution < 1.29 is 14.3 Å². The van der Waals surface area contributed by atoms with Crippen LogP contribution in [0.2, 0.25) is 0 Å². The maximum atomic E-state index is 12.7. The molecule has 0 bridgehead atoms. The van der Waals surface area contributed by atoms with Crippen molar-refractivity contribution in [3.05, 3.63) is 87.8 Å². The predicted octanol–water partition coefficient (Wildman–Crippen LogP) is 3.78. The number of esters is 1. The molecule has 1 heterocycles. The van der Waals surface area contributed by atoms with Crippen LogP contribution < -0.4 is 10.9 Å². The minimum absolute atomic E-state index is 0.00806. The van der Waals surface area contributed by atoms with Gasteiger partial charge in [-0.1, -0.05) is 48.5 Å². The second kappa shape index (κ2) is 8.35. The molecule has 0 aliphatic heterocycles. The first-order valence-electron chi connectivity index (χ1n) is 8.88. The van der Waals surface area contributed by atoms with Gasteiger partial charge in [-0.05, 0) is 31.5 Å². The Labute approximate surface area is 162 Å². The molecule has 142 valence electrons. The summed E-state index contributed by atoms with van der Waals surface area (Å²) in [5.41, 5.74) is 1.48. The number of aromatic amines is 1. The number of amides is 1. The molecule has 0 atom stereocenters. The van der Waals surface area contributed by atoms with Crippen molar-refractivity contribution in [2.24, 2.45) is 0 Å². The van der Waals surface area contributed by atoms with Gasteiger partial charge in [-0.15, -0.1) is 0 Å². The lowest BCUT2D eigenvalue weighted by Gasteiger charge is -2.16. The lowest BCUT2D eigenvalue weighted by Crippen LogP contribution is -2.24. The highest BCUT2D eigenvalue weighted by atomic mass is 16.5. The molecule has 2 N–H and O–H groups in total. The monoisotopic (exact) mass is 376 g/mol. The summed E-state index contributed by atoms with van der Waals surface area (Å²) in [6, 6.07) is 17.5. The number of hydrogen-bond donors (Lipinski definition) is 2. The second-order valence-electron chi connectivity index (χ2n) is 6.11. The molecule has 0 radical (unpaired) electrons. The second-order valence-corrected chi connectivity index (χ2v) is 6.11. The van der Waals surface area contributed by atoms with Crippen molar-refractivity contribution >= 4 is 17.6 Å². The number of carbonyl (C=O) groups is 2. The summed E-state index contributed by atoms with van der Waals surface area (Å²) in [6.07, 6.45) is 0. The fourth-order valence-electron chi connectivity index (χ4n) is 2.97. The minimum Gasteiger partial charge on any atom is -0.462 e. The first-order chi connectivity index (χ1) is 13.5. The van der Waals surface area contributed by atoms with Crippen LogP contribution in [0.5, 0.6) is 0 Å². The van der Waals surface area contributed by atoms with Crippen LogP contribution in [0, 0.1) is 6.92 Å². The topological polar surface area (TPSA) is 88.3 Å². The summed E-state index contributed by atoms with van der Waals surface area (Å²) < 4.78 is 5.18. The third kappa shape index (κ3) is 3.86. The van der Waals surface area contributed by atoms with Crippen LogP contribution in [0.4, 0.5) is 5.69 Å². The smallest absolute Gasteiger partial charge is 0.340 e. The number of nitrogens with one attached hydrogen (secondary N) is 2. The van der Waals surface area contributed by atoms with Gasteiger partial charge in [0, 0.05) is 16.8 Å². The summed E-state index contributed by atoms with van der Waals surface area (Å²) >= 11 is 0. The largest absolute Gasteiger partial charge is 0.462 e. The van der Waals surface area contributed by atoms with Crippen molar-refractivity contribution in [2.75, 3.05) is 11.9 Å². The normalized spacial score (nSPS) is 10.4. The summed E-state index contributed by atoms with van der Waals surface area (Å²) in [7, 11) is 0. The van der Waals surface area contributed by atoms with Crippen LogP contribution in [-0.4, -0.2) is 23.5 Å². The number of rotatable bonds is 5. The highest BCUT2D eigenvalue weighted by molar-refractivity contribution is 6.09. The van der Waals surface area contributed by atoms with E-state index in [0.717, 1.165) is 0 Å². The Morgan fingerprint density at radius 3 is 2.21 bits per heavy atom. The Balaban J connectivity index is 2.21. The Kier molecular flexibility index (Phi) is 5.69. The lowest BCUT2D eigenvalue weighted by molar-refractivity contribution is 0.0525. The van der Waals surface area contributed by atoms with E-state index in [1.54, 1.807) is 68.4 Å². The van der Waals surface area contributed by atoms with Crippen LogP contribution in [-0.2, 0) is 4.74 Å². The van der Waals surface area contributed by atoms with E-state index < -0.39 is 17.4 Å².